The molecule has 0 bridgehead atoms. The van der Waals surface area contributed by atoms with Crippen LogP contribution in [0.3, 0.4) is 0 Å². The van der Waals surface area contributed by atoms with Gasteiger partial charge in [0, 0.05) is 31.9 Å². The number of nitrogens with zero attached hydrogens (tertiary/aromatic N) is 5. The molecule has 1 N–H and O–H groups in total. The van der Waals surface area contributed by atoms with Crippen LogP contribution in [0, 0.1) is 6.92 Å². The van der Waals surface area contributed by atoms with Gasteiger partial charge in [-0.15, -0.1) is 5.10 Å². The van der Waals surface area contributed by atoms with E-state index < -0.39 is 0 Å². The first-order chi connectivity index (χ1) is 11.5. The number of anilines is 3. The summed E-state index contributed by atoms with van der Waals surface area (Å²) in [6, 6.07) is 6.38. The van der Waals surface area contributed by atoms with Gasteiger partial charge in [-0.05, 0) is 31.0 Å². The summed E-state index contributed by atoms with van der Waals surface area (Å²) < 4.78 is 0. The molecule has 24 heavy (non-hydrogen) atoms. The van der Waals surface area contributed by atoms with Crippen LogP contribution in [0.15, 0.2) is 24.4 Å². The highest BCUT2D eigenvalue weighted by atomic mass is 15.4. The van der Waals surface area contributed by atoms with Gasteiger partial charge in [0.15, 0.2) is 5.82 Å². The van der Waals surface area contributed by atoms with Gasteiger partial charge in [0.2, 0.25) is 5.95 Å². The SMILES string of the molecule is Cc1cccc(C(C)C)c1Nc1cnnc(N2CCN(C)CC2)n1. The van der Waals surface area contributed by atoms with E-state index in [1.807, 2.05) is 0 Å². The lowest BCUT2D eigenvalue weighted by Crippen LogP contribution is -2.45. The average molecular weight is 326 g/mol. The van der Waals surface area contributed by atoms with Gasteiger partial charge in [0.05, 0.1) is 6.20 Å². The van der Waals surface area contributed by atoms with Crippen LogP contribution >= 0.6 is 0 Å². The Hall–Kier alpha value is -2.21. The Morgan fingerprint density at radius 2 is 1.88 bits per heavy atom. The van der Waals surface area contributed by atoms with Crippen LogP contribution in [0.1, 0.15) is 30.9 Å². The Bertz CT molecular complexity index is 692. The Labute approximate surface area is 143 Å². The lowest BCUT2D eigenvalue weighted by atomic mass is 9.98. The number of benzene rings is 1. The minimum atomic E-state index is 0.444. The fraction of sp³-hybridized carbons (Fsp3) is 0.500. The predicted octanol–water partition coefficient (Wildman–Crippen LogP) is 2.80. The maximum Gasteiger partial charge on any atom is 0.247 e. The molecule has 6 nitrogen and oxygen atoms in total. The van der Waals surface area contributed by atoms with E-state index in [2.05, 4.69) is 76.3 Å². The summed E-state index contributed by atoms with van der Waals surface area (Å²) in [4.78, 5) is 9.19. The van der Waals surface area contributed by atoms with Crippen molar-refractivity contribution in [3.05, 3.63) is 35.5 Å². The standard InChI is InChI=1S/C18H26N6/c1-13(2)15-7-5-6-14(3)17(15)20-16-12-19-22-18(21-16)24-10-8-23(4)9-11-24/h5-7,12-13H,8-11H2,1-4H3,(H,20,21,22). The normalized spacial score (nSPS) is 15.8. The lowest BCUT2D eigenvalue weighted by molar-refractivity contribution is 0.311. The van der Waals surface area contributed by atoms with Crippen LogP contribution in [-0.2, 0) is 0 Å². The van der Waals surface area contributed by atoms with Crippen molar-refractivity contribution in [1.29, 1.82) is 0 Å². The molecule has 1 fully saturated rings. The molecule has 0 unspecified atom stereocenters. The molecule has 1 aromatic carbocycles. The van der Waals surface area contributed by atoms with E-state index in [9.17, 15) is 0 Å². The van der Waals surface area contributed by atoms with Gasteiger partial charge < -0.3 is 15.1 Å². The minimum Gasteiger partial charge on any atom is -0.338 e. The predicted molar refractivity (Wildman–Crippen MR) is 98.1 cm³/mol. The van der Waals surface area contributed by atoms with E-state index in [-0.39, 0.29) is 0 Å². The molecular weight excluding hydrogens is 300 g/mol. The van der Waals surface area contributed by atoms with Gasteiger partial charge in [-0.2, -0.15) is 10.1 Å². The first-order valence-electron chi connectivity index (χ1n) is 8.54. The molecular formula is C18H26N6. The molecule has 0 amide bonds. The largest absolute Gasteiger partial charge is 0.338 e. The van der Waals surface area contributed by atoms with Crippen molar-refractivity contribution in [2.24, 2.45) is 0 Å². The number of piperazine rings is 1. The highest BCUT2D eigenvalue weighted by molar-refractivity contribution is 5.65. The number of hydrogen-bond donors (Lipinski definition) is 1. The molecule has 128 valence electrons. The first kappa shape index (κ1) is 16.6. The summed E-state index contributed by atoms with van der Waals surface area (Å²) in [5.74, 6) is 1.89. The fourth-order valence-corrected chi connectivity index (χ4v) is 2.97. The quantitative estimate of drug-likeness (QED) is 0.932. The smallest absolute Gasteiger partial charge is 0.247 e. The van der Waals surface area contributed by atoms with Crippen LogP contribution in [0.5, 0.6) is 0 Å². The van der Waals surface area contributed by atoms with Crippen molar-refractivity contribution < 1.29 is 0 Å². The maximum absolute atomic E-state index is 4.68. The summed E-state index contributed by atoms with van der Waals surface area (Å²) in [5.41, 5.74) is 3.62. The van der Waals surface area contributed by atoms with Crippen LogP contribution in [0.25, 0.3) is 0 Å². The van der Waals surface area contributed by atoms with Crippen molar-refractivity contribution >= 4 is 17.5 Å². The summed E-state index contributed by atoms with van der Waals surface area (Å²) in [6.45, 7) is 10.4. The van der Waals surface area contributed by atoms with Crippen LogP contribution in [0.4, 0.5) is 17.5 Å². The number of rotatable bonds is 4. The zero-order valence-electron chi connectivity index (χ0n) is 15.0. The van der Waals surface area contributed by atoms with E-state index in [1.54, 1.807) is 6.20 Å². The summed E-state index contributed by atoms with van der Waals surface area (Å²) >= 11 is 0. The minimum absolute atomic E-state index is 0.444. The Balaban J connectivity index is 1.83. The highest BCUT2D eigenvalue weighted by Crippen LogP contribution is 2.29. The maximum atomic E-state index is 4.68. The van der Waals surface area contributed by atoms with Crippen LogP contribution in [0.2, 0.25) is 0 Å². The second kappa shape index (κ2) is 7.13. The molecule has 1 aliphatic rings. The molecule has 1 saturated heterocycles. The second-order valence-electron chi connectivity index (χ2n) is 6.75. The van der Waals surface area contributed by atoms with Gasteiger partial charge in [0.25, 0.3) is 0 Å². The molecule has 0 saturated carbocycles. The zero-order valence-corrected chi connectivity index (χ0v) is 15.0. The van der Waals surface area contributed by atoms with Crippen molar-refractivity contribution in [1.82, 2.24) is 20.1 Å². The van der Waals surface area contributed by atoms with E-state index in [0.29, 0.717) is 11.9 Å². The Kier molecular flexibility index (Phi) is 4.94. The van der Waals surface area contributed by atoms with E-state index in [1.165, 1.54) is 11.1 Å². The Morgan fingerprint density at radius 1 is 1.12 bits per heavy atom. The highest BCUT2D eigenvalue weighted by Gasteiger charge is 2.17. The van der Waals surface area contributed by atoms with Gasteiger partial charge >= 0.3 is 0 Å². The molecule has 2 aromatic rings. The van der Waals surface area contributed by atoms with E-state index >= 15 is 0 Å². The van der Waals surface area contributed by atoms with E-state index in [4.69, 9.17) is 0 Å². The third kappa shape index (κ3) is 3.64. The van der Waals surface area contributed by atoms with Crippen LogP contribution in [-0.4, -0.2) is 53.3 Å². The number of nitrogens with one attached hydrogen (secondary N) is 1. The number of aryl methyl sites for hydroxylation is 1. The van der Waals surface area contributed by atoms with Crippen molar-refractivity contribution in [3.8, 4) is 0 Å². The first-order valence-corrected chi connectivity index (χ1v) is 8.54. The number of hydrogen-bond acceptors (Lipinski definition) is 6. The molecule has 1 aliphatic heterocycles. The summed E-state index contributed by atoms with van der Waals surface area (Å²) in [6.07, 6.45) is 1.69. The molecule has 3 rings (SSSR count). The zero-order chi connectivity index (χ0) is 17.1. The topological polar surface area (TPSA) is 57.2 Å². The van der Waals surface area contributed by atoms with Gasteiger partial charge in [-0.25, -0.2) is 0 Å². The van der Waals surface area contributed by atoms with Crippen LogP contribution < -0.4 is 10.2 Å². The fourth-order valence-electron chi connectivity index (χ4n) is 2.97. The molecule has 0 radical (unpaired) electrons. The average Bonchev–Trinajstić information content (AvgIpc) is 2.57. The Morgan fingerprint density at radius 3 is 2.58 bits per heavy atom. The monoisotopic (exact) mass is 326 g/mol. The molecule has 1 aromatic heterocycles. The van der Waals surface area contributed by atoms with E-state index in [0.717, 1.165) is 37.7 Å². The summed E-state index contributed by atoms with van der Waals surface area (Å²) in [5, 5.41) is 11.8. The van der Waals surface area contributed by atoms with Crippen molar-refractivity contribution in [2.45, 2.75) is 26.7 Å². The van der Waals surface area contributed by atoms with Crippen molar-refractivity contribution in [3.63, 3.8) is 0 Å². The molecule has 6 heteroatoms. The lowest BCUT2D eigenvalue weighted by Gasteiger charge is -2.32. The molecule has 2 heterocycles. The number of aromatic nitrogens is 3. The van der Waals surface area contributed by atoms with Crippen molar-refractivity contribution in [2.75, 3.05) is 43.4 Å². The second-order valence-corrected chi connectivity index (χ2v) is 6.75. The summed E-state index contributed by atoms with van der Waals surface area (Å²) in [7, 11) is 2.14. The van der Waals surface area contributed by atoms with Gasteiger partial charge in [-0.1, -0.05) is 32.0 Å². The molecule has 0 atom stereocenters. The number of para-hydroxylation sites is 1. The third-order valence-corrected chi connectivity index (χ3v) is 4.51. The third-order valence-electron chi connectivity index (χ3n) is 4.51. The number of likely N-dealkylation sites (N-methyl/N-ethyl adjacent to an activating group) is 1. The molecule has 0 spiro atoms. The van der Waals surface area contributed by atoms with Gasteiger partial charge in [-0.3, -0.25) is 0 Å². The molecule has 0 aliphatic carbocycles. The van der Waals surface area contributed by atoms with Gasteiger partial charge in [0.1, 0.15) is 0 Å².